The fourth-order valence-corrected chi connectivity index (χ4v) is 13.2. The number of carbonyl (C=O) groups excluding carboxylic acids is 4. The van der Waals surface area contributed by atoms with Gasteiger partial charge in [-0.3, -0.25) is 24.1 Å². The first-order valence-electron chi connectivity index (χ1n) is 23.5. The van der Waals surface area contributed by atoms with Gasteiger partial charge in [0.1, 0.15) is 11.5 Å². The summed E-state index contributed by atoms with van der Waals surface area (Å²) in [6, 6.07) is 28.1. The molecular weight excluding hydrogens is 791 g/mol. The number of benzene rings is 4. The van der Waals surface area contributed by atoms with Crippen molar-refractivity contribution in [1.29, 1.82) is 0 Å². The quantitative estimate of drug-likeness (QED) is 0.131. The molecule has 11 rings (SSSR count). The van der Waals surface area contributed by atoms with Crippen molar-refractivity contribution in [3.8, 4) is 11.5 Å². The molecule has 4 aliphatic carbocycles. The molecule has 0 aromatic heterocycles. The largest absolute Gasteiger partial charge is 0.508 e. The maximum atomic E-state index is 14.8. The fraction of sp³-hybridized carbons (Fsp3) is 0.500. The molecule has 4 aromatic rings. The van der Waals surface area contributed by atoms with Crippen molar-refractivity contribution in [3.63, 3.8) is 0 Å². The van der Waals surface area contributed by atoms with E-state index in [9.17, 15) is 29.4 Å². The van der Waals surface area contributed by atoms with Crippen LogP contribution in [0.4, 0.5) is 0 Å². The molecule has 330 valence electrons. The Morgan fingerprint density at radius 3 is 1.95 bits per heavy atom. The number of carbonyl (C=O) groups is 4. The predicted octanol–water partition coefficient (Wildman–Crippen LogP) is 6.08. The van der Waals surface area contributed by atoms with Crippen molar-refractivity contribution in [2.24, 2.45) is 23.2 Å². The normalized spacial score (nSPS) is 28.9. The third-order valence-corrected chi connectivity index (χ3v) is 15.9. The van der Waals surface area contributed by atoms with Crippen LogP contribution in [-0.2, 0) is 38.4 Å². The van der Waals surface area contributed by atoms with Crippen LogP contribution in [0.1, 0.15) is 74.5 Å². The number of nitrogens with zero attached hydrogens (tertiary/aromatic N) is 4. The second-order valence-electron chi connectivity index (χ2n) is 20.2. The molecule has 7 fully saturated rings. The highest BCUT2D eigenvalue weighted by atomic mass is 16.3. The van der Waals surface area contributed by atoms with Crippen LogP contribution in [0.25, 0.3) is 10.8 Å². The van der Waals surface area contributed by atoms with Gasteiger partial charge in [-0.05, 0) is 158 Å². The third kappa shape index (κ3) is 8.78. The Hall–Kier alpha value is -5.42. The lowest BCUT2D eigenvalue weighted by Gasteiger charge is -2.57. The van der Waals surface area contributed by atoms with Gasteiger partial charge in [0, 0.05) is 44.8 Å². The van der Waals surface area contributed by atoms with Gasteiger partial charge >= 0.3 is 23.6 Å². The maximum absolute atomic E-state index is 14.8. The van der Waals surface area contributed by atoms with E-state index in [1.165, 1.54) is 38.5 Å². The first-order chi connectivity index (χ1) is 30.5. The topological polar surface area (TPSA) is 134 Å². The van der Waals surface area contributed by atoms with Crippen molar-refractivity contribution in [2.75, 3.05) is 39.3 Å². The second kappa shape index (κ2) is 17.3. The predicted molar refractivity (Wildman–Crippen MR) is 241 cm³/mol. The third-order valence-electron chi connectivity index (χ3n) is 15.9. The molecule has 11 heteroatoms. The van der Waals surface area contributed by atoms with E-state index in [0.717, 1.165) is 71.0 Å². The van der Waals surface area contributed by atoms with Gasteiger partial charge in [0.15, 0.2) is 0 Å². The molecule has 4 saturated carbocycles. The van der Waals surface area contributed by atoms with E-state index < -0.39 is 23.6 Å². The van der Waals surface area contributed by atoms with E-state index >= 15 is 0 Å². The van der Waals surface area contributed by atoms with Crippen molar-refractivity contribution >= 4 is 34.4 Å². The molecule has 7 aliphatic rings. The van der Waals surface area contributed by atoms with Crippen LogP contribution in [0.5, 0.6) is 11.5 Å². The van der Waals surface area contributed by atoms with Gasteiger partial charge in [0.2, 0.25) is 0 Å². The van der Waals surface area contributed by atoms with Crippen molar-refractivity contribution in [1.82, 2.24) is 24.9 Å². The minimum absolute atomic E-state index is 0.0403. The lowest BCUT2D eigenvalue weighted by Crippen LogP contribution is -2.65. The molecule has 3 N–H and O–H groups in total. The lowest BCUT2D eigenvalue weighted by atomic mass is 9.49. The average molecular weight is 852 g/mol. The van der Waals surface area contributed by atoms with Gasteiger partial charge in [-0.2, -0.15) is 0 Å². The second-order valence-corrected chi connectivity index (χ2v) is 20.2. The van der Waals surface area contributed by atoms with Crippen LogP contribution < -0.4 is 5.32 Å². The molecule has 4 aromatic carbocycles. The Morgan fingerprint density at radius 1 is 0.667 bits per heavy atom. The van der Waals surface area contributed by atoms with Gasteiger partial charge < -0.3 is 30.2 Å². The van der Waals surface area contributed by atoms with E-state index in [2.05, 4.69) is 40.5 Å². The summed E-state index contributed by atoms with van der Waals surface area (Å²) in [5, 5.41) is 25.1. The van der Waals surface area contributed by atoms with Crippen LogP contribution in [0.2, 0.25) is 0 Å². The zero-order valence-corrected chi connectivity index (χ0v) is 36.2. The molecule has 0 spiro atoms. The Balaban J connectivity index is 0.930. The summed E-state index contributed by atoms with van der Waals surface area (Å²) in [7, 11) is 0. The van der Waals surface area contributed by atoms with Crippen LogP contribution >= 0.6 is 0 Å². The number of aromatic hydroxyl groups is 2. The van der Waals surface area contributed by atoms with Crippen molar-refractivity contribution in [3.05, 3.63) is 108 Å². The molecule has 3 heterocycles. The van der Waals surface area contributed by atoms with Gasteiger partial charge in [-0.1, -0.05) is 66.7 Å². The highest BCUT2D eigenvalue weighted by molar-refractivity contribution is 6.36. The summed E-state index contributed by atoms with van der Waals surface area (Å²) in [5.41, 5.74) is 3.34. The molecule has 0 unspecified atom stereocenters. The molecule has 63 heavy (non-hydrogen) atoms. The van der Waals surface area contributed by atoms with E-state index in [1.54, 1.807) is 29.2 Å². The van der Waals surface area contributed by atoms with Crippen LogP contribution in [0.15, 0.2) is 91.0 Å². The van der Waals surface area contributed by atoms with E-state index in [4.69, 9.17) is 0 Å². The summed E-state index contributed by atoms with van der Waals surface area (Å²) in [4.78, 5) is 63.9. The number of amides is 4. The molecule has 11 nitrogen and oxygen atoms in total. The number of hydrogen-bond acceptors (Lipinski definition) is 7. The van der Waals surface area contributed by atoms with Crippen molar-refractivity contribution < 1.29 is 29.4 Å². The summed E-state index contributed by atoms with van der Waals surface area (Å²) >= 11 is 0. The first-order valence-corrected chi connectivity index (χ1v) is 23.5. The maximum Gasteiger partial charge on any atom is 0.312 e. The molecule has 4 atom stereocenters. The Morgan fingerprint density at radius 2 is 1.29 bits per heavy atom. The summed E-state index contributed by atoms with van der Waals surface area (Å²) < 4.78 is 0. The number of piperazine rings is 2. The van der Waals surface area contributed by atoms with Crippen LogP contribution in [0, 0.1) is 23.2 Å². The molecule has 4 bridgehead atoms. The number of nitrogens with one attached hydrogen (secondary N) is 1. The zero-order chi connectivity index (χ0) is 43.2. The number of phenolic OH excluding ortho intramolecular Hbond substituents is 2. The van der Waals surface area contributed by atoms with Gasteiger partial charge in [0.05, 0.1) is 12.1 Å². The number of phenols is 2. The van der Waals surface area contributed by atoms with E-state index in [0.29, 0.717) is 52.0 Å². The van der Waals surface area contributed by atoms with Crippen LogP contribution in [0.3, 0.4) is 0 Å². The minimum Gasteiger partial charge on any atom is -0.508 e. The molecule has 4 amide bonds. The molecule has 3 aliphatic heterocycles. The van der Waals surface area contributed by atoms with E-state index in [-0.39, 0.29) is 41.1 Å². The standard InChI is InChI=1S/C52H61N5O6/c58-46-13-8-34(9-14-46)24-43-30-53-48(60)49(61)56(43)32-42-6-3-18-54(42)31-44(26-36-7-12-40-4-1-2-5-41(40)23-36)57-33-45(25-35-10-15-47(59)16-11-35)55(50(62)51(57)63)19-17-52-27-37-20-38(28-52)22-39(21-37)29-52/h1-2,4-5,7-16,23,37-39,42-45,58-59H,3,6,17-22,24-33H2,(H,53,60)/t37?,38?,39?,42-,43+,44+,45-,52?/m0/s1. The Kier molecular flexibility index (Phi) is 11.4. The minimum atomic E-state index is -0.597. The SMILES string of the molecule is O=C1NC[C@@H](Cc2ccc(O)cc2)N(C[C@@H]2CCCN2C[C@@H](Cc2ccc3ccccc3c2)N2C[C@H](Cc3ccc(O)cc3)N(CCC34CC5CC(CC(C5)C3)C4)C(=O)C2=O)C1=O. The highest BCUT2D eigenvalue weighted by Crippen LogP contribution is 2.61. The number of hydrogen-bond donors (Lipinski definition) is 3. The first kappa shape index (κ1) is 41.6. The van der Waals surface area contributed by atoms with Gasteiger partial charge in [0.25, 0.3) is 0 Å². The molecular formula is C52H61N5O6. The Bertz CT molecular complexity index is 2310. The van der Waals surface area contributed by atoms with Crippen molar-refractivity contribution in [2.45, 2.75) is 101 Å². The van der Waals surface area contributed by atoms with Gasteiger partial charge in [-0.25, -0.2) is 0 Å². The summed E-state index contributed by atoms with van der Waals surface area (Å²) in [6.45, 7) is 3.01. The summed E-state index contributed by atoms with van der Waals surface area (Å²) in [5.74, 6) is 0.792. The number of fused-ring (bicyclic) bond motifs is 1. The average Bonchev–Trinajstić information content (AvgIpc) is 3.71. The molecule has 3 saturated heterocycles. The highest BCUT2D eigenvalue weighted by Gasteiger charge is 2.52. The number of likely N-dealkylation sites (tertiary alicyclic amines) is 1. The number of rotatable bonds is 14. The monoisotopic (exact) mass is 851 g/mol. The lowest BCUT2D eigenvalue weighted by molar-refractivity contribution is -0.162. The molecule has 0 radical (unpaired) electrons. The Labute approximate surface area is 370 Å². The van der Waals surface area contributed by atoms with Gasteiger partial charge in [-0.15, -0.1) is 0 Å². The van der Waals surface area contributed by atoms with Crippen LogP contribution in [-0.4, -0.2) is 117 Å². The zero-order valence-electron chi connectivity index (χ0n) is 36.2. The summed E-state index contributed by atoms with van der Waals surface area (Å²) in [6.07, 6.45) is 12.2. The van der Waals surface area contributed by atoms with E-state index in [1.807, 2.05) is 46.2 Å². The fourth-order valence-electron chi connectivity index (χ4n) is 13.2. The smallest absolute Gasteiger partial charge is 0.312 e.